The minimum atomic E-state index is -0.827. The molecule has 1 fully saturated rings. The van der Waals surface area contributed by atoms with Crippen LogP contribution in [0.15, 0.2) is 30.3 Å². The molecule has 3 rings (SSSR count). The van der Waals surface area contributed by atoms with Crippen molar-refractivity contribution in [2.75, 3.05) is 7.11 Å². The van der Waals surface area contributed by atoms with E-state index in [2.05, 4.69) is 9.72 Å². The molecule has 0 amide bonds. The second-order valence-corrected chi connectivity index (χ2v) is 6.84. The number of pyridine rings is 1. The van der Waals surface area contributed by atoms with Crippen molar-refractivity contribution in [1.82, 2.24) is 4.98 Å². The molecule has 1 aliphatic rings. The Hall–Kier alpha value is -2.70. The van der Waals surface area contributed by atoms with Gasteiger partial charge in [-0.05, 0) is 50.8 Å². The maximum Gasteiger partial charge on any atom is 0.305 e. The average molecular weight is 391 g/mol. The predicted octanol–water partition coefficient (Wildman–Crippen LogP) is 4.68. The first kappa shape index (κ1) is 20.0. The lowest BCUT2D eigenvalue weighted by atomic mass is 9.96. The van der Waals surface area contributed by atoms with E-state index in [1.807, 2.05) is 0 Å². The van der Waals surface area contributed by atoms with Crippen LogP contribution in [0.3, 0.4) is 0 Å². The highest BCUT2D eigenvalue weighted by atomic mass is 19.1. The van der Waals surface area contributed by atoms with Gasteiger partial charge in [-0.15, -0.1) is 0 Å². The van der Waals surface area contributed by atoms with Crippen LogP contribution in [0.5, 0.6) is 11.6 Å². The molecule has 0 N–H and O–H groups in total. The Labute approximate surface area is 162 Å². The van der Waals surface area contributed by atoms with Gasteiger partial charge in [-0.3, -0.25) is 4.79 Å². The maximum atomic E-state index is 14.5. The van der Waals surface area contributed by atoms with E-state index in [9.17, 15) is 13.6 Å². The standard InChI is InChI=1S/C21H23F2NO4/c1-13(9-10-20(25)26-2)27-21-16(22)11-14(12-17(21)23)18-7-4-8-19(24-18)28-15-5-3-6-15/h4,7-8,11-13,15H,3,5-6,9-10H2,1-2H3. The zero-order chi connectivity index (χ0) is 20.1. The Morgan fingerprint density at radius 1 is 1.25 bits per heavy atom. The number of nitrogens with zero attached hydrogens (tertiary/aromatic N) is 1. The third kappa shape index (κ3) is 4.97. The maximum absolute atomic E-state index is 14.5. The van der Waals surface area contributed by atoms with Crippen LogP contribution in [0.4, 0.5) is 8.78 Å². The molecule has 1 aliphatic carbocycles. The van der Waals surface area contributed by atoms with Gasteiger partial charge in [0.1, 0.15) is 6.10 Å². The number of aromatic nitrogens is 1. The van der Waals surface area contributed by atoms with E-state index in [1.54, 1.807) is 25.1 Å². The highest BCUT2D eigenvalue weighted by Gasteiger charge is 2.21. The number of hydrogen-bond donors (Lipinski definition) is 0. The summed E-state index contributed by atoms with van der Waals surface area (Å²) >= 11 is 0. The quantitative estimate of drug-likeness (QED) is 0.612. The lowest BCUT2D eigenvalue weighted by Gasteiger charge is -2.25. The summed E-state index contributed by atoms with van der Waals surface area (Å²) < 4.78 is 44.6. The monoisotopic (exact) mass is 391 g/mol. The number of rotatable bonds is 8. The largest absolute Gasteiger partial charge is 0.485 e. The molecule has 1 heterocycles. The van der Waals surface area contributed by atoms with E-state index in [0.29, 0.717) is 17.1 Å². The molecular formula is C21H23F2NO4. The van der Waals surface area contributed by atoms with Gasteiger partial charge in [0, 0.05) is 18.1 Å². The molecule has 1 aromatic heterocycles. The lowest BCUT2D eigenvalue weighted by molar-refractivity contribution is -0.141. The molecule has 0 radical (unpaired) electrons. The van der Waals surface area contributed by atoms with E-state index >= 15 is 0 Å². The lowest BCUT2D eigenvalue weighted by Crippen LogP contribution is -2.24. The minimum absolute atomic E-state index is 0.108. The highest BCUT2D eigenvalue weighted by molar-refractivity contribution is 5.69. The van der Waals surface area contributed by atoms with Gasteiger partial charge in [-0.2, -0.15) is 0 Å². The van der Waals surface area contributed by atoms with Crippen LogP contribution < -0.4 is 9.47 Å². The summed E-state index contributed by atoms with van der Waals surface area (Å²) in [6.07, 6.45) is 3.14. The summed E-state index contributed by atoms with van der Waals surface area (Å²) in [5.74, 6) is -2.08. The van der Waals surface area contributed by atoms with Crippen LogP contribution in [0.1, 0.15) is 39.0 Å². The van der Waals surface area contributed by atoms with Gasteiger partial charge < -0.3 is 14.2 Å². The molecule has 0 saturated heterocycles. The third-order valence-corrected chi connectivity index (χ3v) is 4.66. The zero-order valence-corrected chi connectivity index (χ0v) is 15.9. The summed E-state index contributed by atoms with van der Waals surface area (Å²) in [7, 11) is 1.28. The van der Waals surface area contributed by atoms with E-state index < -0.39 is 29.5 Å². The average Bonchev–Trinajstić information content (AvgIpc) is 2.65. The molecule has 0 bridgehead atoms. The Kier molecular flexibility index (Phi) is 6.44. The van der Waals surface area contributed by atoms with Crippen molar-refractivity contribution >= 4 is 5.97 Å². The molecular weight excluding hydrogens is 368 g/mol. The van der Waals surface area contributed by atoms with Crippen LogP contribution in [-0.2, 0) is 9.53 Å². The molecule has 28 heavy (non-hydrogen) atoms. The first-order valence-corrected chi connectivity index (χ1v) is 9.33. The first-order chi connectivity index (χ1) is 13.5. The Morgan fingerprint density at radius 2 is 1.96 bits per heavy atom. The van der Waals surface area contributed by atoms with Crippen LogP contribution >= 0.6 is 0 Å². The number of carbonyl (C=O) groups excluding carboxylic acids is 1. The smallest absolute Gasteiger partial charge is 0.305 e. The van der Waals surface area contributed by atoms with Crippen molar-refractivity contribution in [1.29, 1.82) is 0 Å². The van der Waals surface area contributed by atoms with Crippen molar-refractivity contribution < 1.29 is 27.8 Å². The van der Waals surface area contributed by atoms with Gasteiger partial charge in [0.2, 0.25) is 5.88 Å². The van der Waals surface area contributed by atoms with Gasteiger partial charge in [-0.25, -0.2) is 13.8 Å². The molecule has 1 unspecified atom stereocenters. The van der Waals surface area contributed by atoms with E-state index in [-0.39, 0.29) is 18.9 Å². The van der Waals surface area contributed by atoms with Gasteiger partial charge in [0.25, 0.3) is 0 Å². The fourth-order valence-corrected chi connectivity index (χ4v) is 2.80. The fraction of sp³-hybridized carbons (Fsp3) is 0.429. The fourth-order valence-electron chi connectivity index (χ4n) is 2.80. The molecule has 2 aromatic rings. The normalized spacial score (nSPS) is 14.9. The zero-order valence-electron chi connectivity index (χ0n) is 15.9. The van der Waals surface area contributed by atoms with Gasteiger partial charge in [-0.1, -0.05) is 6.07 Å². The van der Waals surface area contributed by atoms with Crippen molar-refractivity contribution in [3.8, 4) is 22.9 Å². The number of ether oxygens (including phenoxy) is 3. The minimum Gasteiger partial charge on any atom is -0.485 e. The van der Waals surface area contributed by atoms with Crippen molar-refractivity contribution in [2.45, 2.75) is 51.2 Å². The van der Waals surface area contributed by atoms with Gasteiger partial charge >= 0.3 is 5.97 Å². The van der Waals surface area contributed by atoms with Crippen LogP contribution in [0.25, 0.3) is 11.3 Å². The van der Waals surface area contributed by atoms with E-state index in [1.165, 1.54) is 19.2 Å². The molecule has 0 aliphatic heterocycles. The number of carbonyl (C=O) groups is 1. The topological polar surface area (TPSA) is 57.7 Å². The number of hydrogen-bond acceptors (Lipinski definition) is 5. The Balaban J connectivity index is 1.72. The summed E-state index contributed by atoms with van der Waals surface area (Å²) in [6, 6.07) is 7.50. The predicted molar refractivity (Wildman–Crippen MR) is 99.2 cm³/mol. The molecule has 1 saturated carbocycles. The second kappa shape index (κ2) is 8.99. The molecule has 5 nitrogen and oxygen atoms in total. The van der Waals surface area contributed by atoms with Gasteiger partial charge in [0.15, 0.2) is 17.4 Å². The molecule has 7 heteroatoms. The number of benzene rings is 1. The molecule has 1 atom stereocenters. The molecule has 150 valence electrons. The Bertz CT molecular complexity index is 816. The highest BCUT2D eigenvalue weighted by Crippen LogP contribution is 2.31. The number of halogens is 2. The van der Waals surface area contributed by atoms with Crippen LogP contribution in [0.2, 0.25) is 0 Å². The van der Waals surface area contributed by atoms with Crippen LogP contribution in [-0.4, -0.2) is 30.3 Å². The van der Waals surface area contributed by atoms with E-state index in [0.717, 1.165) is 19.3 Å². The summed E-state index contributed by atoms with van der Waals surface area (Å²) in [5, 5.41) is 0. The van der Waals surface area contributed by atoms with Gasteiger partial charge in [0.05, 0.1) is 18.9 Å². The summed E-state index contributed by atoms with van der Waals surface area (Å²) in [5.41, 5.74) is 0.712. The van der Waals surface area contributed by atoms with Crippen LogP contribution in [0, 0.1) is 11.6 Å². The second-order valence-electron chi connectivity index (χ2n) is 6.84. The van der Waals surface area contributed by atoms with Crippen molar-refractivity contribution in [2.24, 2.45) is 0 Å². The molecule has 1 aromatic carbocycles. The number of methoxy groups -OCH3 is 1. The summed E-state index contributed by atoms with van der Waals surface area (Å²) in [4.78, 5) is 15.5. The third-order valence-electron chi connectivity index (χ3n) is 4.66. The first-order valence-electron chi connectivity index (χ1n) is 9.33. The Morgan fingerprint density at radius 3 is 2.57 bits per heavy atom. The number of esters is 1. The van der Waals surface area contributed by atoms with Crippen molar-refractivity contribution in [3.05, 3.63) is 42.0 Å². The molecule has 0 spiro atoms. The van der Waals surface area contributed by atoms with E-state index in [4.69, 9.17) is 9.47 Å². The SMILES string of the molecule is COC(=O)CCC(C)Oc1c(F)cc(-c2cccc(OC3CCC3)n2)cc1F. The summed E-state index contributed by atoms with van der Waals surface area (Å²) in [6.45, 7) is 1.64. The van der Waals surface area contributed by atoms with Crippen molar-refractivity contribution in [3.63, 3.8) is 0 Å².